The van der Waals surface area contributed by atoms with Crippen LogP contribution in [0.2, 0.25) is 0 Å². The second-order valence-corrected chi connectivity index (χ2v) is 41.4. The topological polar surface area (TPSA) is 407 Å². The molecule has 15 aromatic rings. The number of aromatic amines is 3. The van der Waals surface area contributed by atoms with Crippen LogP contribution in [0.4, 0.5) is 82.5 Å². The van der Waals surface area contributed by atoms with E-state index >= 15 is 0 Å². The molecule has 0 saturated carbocycles. The van der Waals surface area contributed by atoms with Gasteiger partial charge in [-0.1, -0.05) is 84.9 Å². The lowest BCUT2D eigenvalue weighted by atomic mass is 10.1. The van der Waals surface area contributed by atoms with Gasteiger partial charge in [-0.25, -0.2) is 29.9 Å². The fourth-order valence-electron chi connectivity index (χ4n) is 19.8. The molecule has 0 unspecified atom stereocenters. The second-order valence-electron chi connectivity index (χ2n) is 37.2. The van der Waals surface area contributed by atoms with Crippen LogP contribution < -0.4 is 112 Å². The minimum absolute atomic E-state index is 0.160. The smallest absolute Gasteiger partial charge is 0.275 e. The summed E-state index contributed by atoms with van der Waals surface area (Å²) in [4.78, 5) is 118. The lowest BCUT2D eigenvalue weighted by molar-refractivity contribution is 0.101. The van der Waals surface area contributed by atoms with E-state index in [0.717, 1.165) is 332 Å². The summed E-state index contributed by atoms with van der Waals surface area (Å²) in [6.45, 7) is 28.7. The highest BCUT2D eigenvalue weighted by molar-refractivity contribution is 7.15. The zero-order chi connectivity index (χ0) is 101. The number of piperazine rings is 5. The molecule has 10 aliphatic heterocycles. The Morgan fingerprint density at radius 3 is 0.953 bits per heavy atom. The SMILES string of the molecule is COc1cc2c(cc1OC)CN(c1nc(C(=O)Nc3ccccc3N3CCNCC3)cs1)C2.Cc1[nH]nc2c1CN(c1nc(C(=O)Nc3ccccc3N3CCNCC3)cs1)CC2.O=C(Nc1ccccc1N1CCNCC1)c1csc(N2CCc3nc[nH]c3C2)n1.O=C(Nc1ccccc1N1CCNCC1)c1csc(N2Cc3ccccc3C2)n1.O=C(Nc1ccccc1N1CCNCC1)c1csc(N2Cc3cn[nH]c3C2)n1. The Morgan fingerprint density at radius 1 is 0.315 bits per heavy atom. The van der Waals surface area contributed by atoms with Gasteiger partial charge in [0.1, 0.15) is 28.5 Å². The van der Waals surface area contributed by atoms with Gasteiger partial charge < -0.3 is 117 Å². The third kappa shape index (κ3) is 23.6. The zero-order valence-corrected chi connectivity index (χ0v) is 87.2. The van der Waals surface area contributed by atoms with E-state index in [4.69, 9.17) is 9.47 Å². The van der Waals surface area contributed by atoms with Crippen molar-refractivity contribution in [2.75, 3.05) is 234 Å². The van der Waals surface area contributed by atoms with Crippen LogP contribution in [-0.2, 0) is 65.2 Å². The zero-order valence-electron chi connectivity index (χ0n) is 83.1. The molecule has 13 N–H and O–H groups in total. The second kappa shape index (κ2) is 47.1. The monoisotopic (exact) mass is 2100 g/mol. The first-order chi connectivity index (χ1) is 73.2. The number of carbonyl (C=O) groups excluding carboxylic acids is 5. The Morgan fingerprint density at radius 2 is 0.611 bits per heavy atom. The number of carbonyl (C=O) groups is 5. The third-order valence-corrected chi connectivity index (χ3v) is 32.2. The number of H-pyrrole nitrogens is 3. The van der Waals surface area contributed by atoms with Gasteiger partial charge in [0.25, 0.3) is 29.5 Å². The number of benzene rings is 7. The van der Waals surface area contributed by atoms with Crippen molar-refractivity contribution in [2.45, 2.75) is 72.1 Å². The molecule has 43 heteroatoms. The van der Waals surface area contributed by atoms with E-state index in [-0.39, 0.29) is 29.5 Å². The standard InChI is InChI=1S/C24H27N5O3S.C22H23N5OS.C21H25N7OS.C20H23N7OS.C19H21N7OS/c1-31-21-11-16-13-29(14-17(16)12-22(21)32-2)24-27-19(15-33-24)23(30)26-18-5-3-4-6-20(18)28-9-7-25-8-10-28;28-21(24-18-7-3-4-8-20(18)26-11-9-23-10-12-26)19-15-29-22(25-19)27-13-16-5-1-2-6-17(16)14-27;1-14-15-12-28(9-6-16(15)26-25-14)21-24-18(13-30-21)20(29)23-17-4-2-3-5-19(17)27-10-7-22-8-11-27;28-19(24-15-3-1-2-4-18(15)26-9-6-21-7-10-26)17-12-29-20(25-17)27-8-5-14-16(11-27)23-13-22-14;27-18(22-14-3-1-2-4-17(14)25-7-5-20-6-8-25)16-12-28-19(23-16)26-10-13-9-21-24-15(13)11-26/h3-6,11-12,15,25H,7-10,13-14H2,1-2H3,(H,26,30);1-8,15,23H,9-14H2,(H,24,28);2-5,13,22H,6-12H2,1H3,(H,23,29)(H,25,26);1-4,12-13,21H,5-11H2,(H,22,23)(H,24,28);1-4,9,12,20H,5-8,10-11H2,(H,21,24)(H,22,27). The Hall–Kier alpha value is -14.9. The lowest BCUT2D eigenvalue weighted by Crippen LogP contribution is -2.43. The normalized spacial score (nSPS) is 16.1. The van der Waals surface area contributed by atoms with E-state index < -0.39 is 0 Å². The molecule has 25 rings (SSSR count). The number of hydrogen-bond donors (Lipinski definition) is 13. The van der Waals surface area contributed by atoms with Crippen molar-refractivity contribution >= 4 is 169 Å². The van der Waals surface area contributed by atoms with Gasteiger partial charge >= 0.3 is 0 Å². The number of rotatable bonds is 22. The highest BCUT2D eigenvalue weighted by atomic mass is 32.1. The Kier molecular flexibility index (Phi) is 31.6. The minimum atomic E-state index is -0.194. The summed E-state index contributed by atoms with van der Waals surface area (Å²) < 4.78 is 10.9. The van der Waals surface area contributed by atoms with E-state index in [1.165, 1.54) is 90.1 Å². The number of anilines is 15. The Labute approximate surface area is 882 Å². The number of fused-ring (bicyclic) bond motifs is 5. The summed E-state index contributed by atoms with van der Waals surface area (Å²) in [6.07, 6.45) is 5.37. The molecular weight excluding hydrogens is 1980 g/mol. The molecule has 10 aliphatic rings. The van der Waals surface area contributed by atoms with Gasteiger partial charge in [0, 0.05) is 240 Å². The van der Waals surface area contributed by atoms with Gasteiger partial charge in [-0.2, -0.15) is 10.2 Å². The van der Waals surface area contributed by atoms with Crippen molar-refractivity contribution in [1.82, 2.24) is 81.9 Å². The average molecular weight is 2100 g/mol. The highest BCUT2D eigenvalue weighted by Crippen LogP contribution is 2.42. The van der Waals surface area contributed by atoms with Crippen molar-refractivity contribution in [3.63, 3.8) is 0 Å². The number of nitrogens with zero attached hydrogens (tertiary/aromatic N) is 18. The molecular formula is C106H119N31O7S5. The predicted octanol–water partition coefficient (Wildman–Crippen LogP) is 13.2. The maximum absolute atomic E-state index is 13.0. The van der Waals surface area contributed by atoms with Crippen LogP contribution in [0, 0.1) is 6.92 Å². The van der Waals surface area contributed by atoms with Gasteiger partial charge in [0.05, 0.1) is 119 Å². The first kappa shape index (κ1) is 100. The number of methoxy groups -OCH3 is 2. The minimum Gasteiger partial charge on any atom is -0.493 e. The number of hydrogen-bond acceptors (Lipinski definition) is 35. The summed E-state index contributed by atoms with van der Waals surface area (Å²) in [5, 5.41) is 60.1. The number of nitrogens with one attached hydrogen (secondary N) is 13. The summed E-state index contributed by atoms with van der Waals surface area (Å²) in [6, 6.07) is 52.3. The molecule has 8 aromatic heterocycles. The van der Waals surface area contributed by atoms with Gasteiger partial charge in [-0.3, -0.25) is 34.2 Å². The number of aromatic nitrogens is 11. The number of aryl methyl sites for hydroxylation is 1. The molecule has 18 heterocycles. The van der Waals surface area contributed by atoms with Crippen molar-refractivity contribution in [3.8, 4) is 11.5 Å². The molecule has 0 bridgehead atoms. The number of imidazole rings is 1. The Bertz CT molecular complexity index is 6990. The first-order valence-corrected chi connectivity index (χ1v) is 54.8. The van der Waals surface area contributed by atoms with Crippen LogP contribution >= 0.6 is 56.7 Å². The summed E-state index contributed by atoms with van der Waals surface area (Å²) >= 11 is 7.52. The van der Waals surface area contributed by atoms with E-state index in [1.807, 2.05) is 143 Å². The van der Waals surface area contributed by atoms with Gasteiger partial charge in [-0.15, -0.1) is 56.7 Å². The third-order valence-electron chi connectivity index (χ3n) is 27.7. The molecule has 0 atom stereocenters. The molecule has 38 nitrogen and oxygen atoms in total. The van der Waals surface area contributed by atoms with Crippen LogP contribution in [0.15, 0.2) is 197 Å². The van der Waals surface area contributed by atoms with Crippen LogP contribution in [-0.4, -0.2) is 243 Å². The van der Waals surface area contributed by atoms with E-state index in [0.29, 0.717) is 28.5 Å². The Balaban J connectivity index is 0.000000109. The average Bonchev–Trinajstić information content (AvgIpc) is 1.66. The lowest BCUT2D eigenvalue weighted by Gasteiger charge is -2.31. The molecule has 0 spiro atoms. The molecule has 770 valence electrons. The van der Waals surface area contributed by atoms with Crippen molar-refractivity contribution < 1.29 is 33.4 Å². The van der Waals surface area contributed by atoms with Gasteiger partial charge in [-0.05, 0) is 102 Å². The molecule has 149 heavy (non-hydrogen) atoms. The van der Waals surface area contributed by atoms with Gasteiger partial charge in [0.15, 0.2) is 37.2 Å². The summed E-state index contributed by atoms with van der Waals surface area (Å²) in [7, 11) is 3.28. The molecule has 0 aliphatic carbocycles. The maximum Gasteiger partial charge on any atom is 0.275 e. The summed E-state index contributed by atoms with van der Waals surface area (Å²) in [5.74, 6) is 0.573. The largest absolute Gasteiger partial charge is 0.493 e. The van der Waals surface area contributed by atoms with Crippen molar-refractivity contribution in [3.05, 3.63) is 287 Å². The van der Waals surface area contributed by atoms with Gasteiger partial charge in [0.2, 0.25) is 0 Å². The maximum atomic E-state index is 13.0. The molecule has 5 amide bonds. The quantitative estimate of drug-likeness (QED) is 0.0300. The number of amides is 5. The summed E-state index contributed by atoms with van der Waals surface area (Å²) in [5.41, 5.74) is 24.7. The van der Waals surface area contributed by atoms with Crippen LogP contribution in [0.25, 0.3) is 0 Å². The van der Waals surface area contributed by atoms with Crippen molar-refractivity contribution in [2.24, 2.45) is 0 Å². The molecule has 0 radical (unpaired) electrons. The fourth-order valence-corrected chi connectivity index (χ4v) is 23.9. The predicted molar refractivity (Wildman–Crippen MR) is 594 cm³/mol. The number of thiazole rings is 5. The van der Waals surface area contributed by atoms with E-state index in [9.17, 15) is 24.0 Å². The van der Waals surface area contributed by atoms with Crippen LogP contribution in [0.1, 0.15) is 114 Å². The van der Waals surface area contributed by atoms with E-state index in [1.54, 1.807) is 20.5 Å². The molecule has 5 fully saturated rings. The van der Waals surface area contributed by atoms with Crippen LogP contribution in [0.3, 0.4) is 0 Å². The first-order valence-electron chi connectivity index (χ1n) is 50.4. The number of ether oxygens (including phenoxy) is 2. The highest BCUT2D eigenvalue weighted by Gasteiger charge is 2.33. The van der Waals surface area contributed by atoms with E-state index in [2.05, 4.69) is 212 Å². The molecule has 5 saturated heterocycles. The molecule has 7 aromatic carbocycles. The van der Waals surface area contributed by atoms with Crippen LogP contribution in [0.5, 0.6) is 11.5 Å². The number of para-hydroxylation sites is 10. The van der Waals surface area contributed by atoms with Crippen molar-refractivity contribution in [1.29, 1.82) is 0 Å². The fraction of sp³-hybridized carbons (Fsp3) is 0.330.